The standard InChI is InChI=1S/C28H32N8O/c1-3-19-16-25(36-24(18-30-28(36)37)20-6-4-5-7-20)32-26-23(19)17-29-27(33-26)31-21-8-10-22(11-9-21)35-14-12-34(2)13-15-35/h1,8-11,16-17,20,24H,4-7,12-15,18H2,2H3,(H,30,37)(H,29,31,32,33). The Morgan fingerprint density at radius 3 is 2.57 bits per heavy atom. The third kappa shape index (κ3) is 4.65. The fourth-order valence-electron chi connectivity index (χ4n) is 5.76. The molecule has 6 rings (SSSR count). The van der Waals surface area contributed by atoms with Crippen molar-refractivity contribution >= 4 is 40.2 Å². The van der Waals surface area contributed by atoms with Gasteiger partial charge < -0.3 is 20.4 Å². The minimum Gasteiger partial charge on any atom is -0.369 e. The van der Waals surface area contributed by atoms with E-state index in [1.54, 1.807) is 11.1 Å². The number of nitrogens with zero attached hydrogens (tertiary/aromatic N) is 6. The van der Waals surface area contributed by atoms with Crippen LogP contribution in [-0.2, 0) is 0 Å². The van der Waals surface area contributed by atoms with Crippen molar-refractivity contribution in [3.05, 3.63) is 42.1 Å². The second-order valence-electron chi connectivity index (χ2n) is 10.2. The van der Waals surface area contributed by atoms with E-state index in [4.69, 9.17) is 11.4 Å². The van der Waals surface area contributed by atoms with Gasteiger partial charge in [-0.05, 0) is 56.1 Å². The zero-order chi connectivity index (χ0) is 25.4. The van der Waals surface area contributed by atoms with Crippen LogP contribution in [0.5, 0.6) is 0 Å². The summed E-state index contributed by atoms with van der Waals surface area (Å²) >= 11 is 0. The van der Waals surface area contributed by atoms with Crippen molar-refractivity contribution in [2.45, 2.75) is 31.7 Å². The first-order chi connectivity index (χ1) is 18.1. The number of piperazine rings is 1. The molecule has 9 nitrogen and oxygen atoms in total. The Hall–Kier alpha value is -3.90. The summed E-state index contributed by atoms with van der Waals surface area (Å²) in [5, 5.41) is 6.98. The summed E-state index contributed by atoms with van der Waals surface area (Å²) in [7, 11) is 2.16. The molecule has 2 aliphatic heterocycles. The van der Waals surface area contributed by atoms with E-state index in [1.807, 2.05) is 18.2 Å². The number of terminal acetylenes is 1. The molecule has 1 aromatic carbocycles. The number of likely N-dealkylation sites (N-methyl/N-ethyl adjacent to an activating group) is 1. The summed E-state index contributed by atoms with van der Waals surface area (Å²) in [4.78, 5) is 33.3. The summed E-state index contributed by atoms with van der Waals surface area (Å²) in [6, 6.07) is 10.1. The number of rotatable bonds is 5. The number of hydrogen-bond acceptors (Lipinski definition) is 7. The number of amides is 2. The summed E-state index contributed by atoms with van der Waals surface area (Å²) < 4.78 is 0. The molecule has 1 unspecified atom stereocenters. The summed E-state index contributed by atoms with van der Waals surface area (Å²) in [5.74, 6) is 4.20. The van der Waals surface area contributed by atoms with Crippen molar-refractivity contribution in [1.82, 2.24) is 25.2 Å². The lowest BCUT2D eigenvalue weighted by Gasteiger charge is -2.34. The van der Waals surface area contributed by atoms with Crippen molar-refractivity contribution in [3.63, 3.8) is 0 Å². The maximum absolute atomic E-state index is 12.8. The lowest BCUT2D eigenvalue weighted by molar-refractivity contribution is 0.251. The molecule has 1 aliphatic carbocycles. The molecular formula is C28H32N8O. The minimum absolute atomic E-state index is 0.0869. The Balaban J connectivity index is 1.26. The zero-order valence-electron chi connectivity index (χ0n) is 21.2. The molecule has 3 fully saturated rings. The van der Waals surface area contributed by atoms with Gasteiger partial charge in [0.2, 0.25) is 5.95 Å². The van der Waals surface area contributed by atoms with Crippen molar-refractivity contribution in [3.8, 4) is 12.3 Å². The number of carbonyl (C=O) groups excluding carboxylic acids is 1. The van der Waals surface area contributed by atoms with Crippen molar-refractivity contribution in [2.75, 3.05) is 54.9 Å². The van der Waals surface area contributed by atoms with Crippen LogP contribution in [0.25, 0.3) is 11.0 Å². The zero-order valence-corrected chi connectivity index (χ0v) is 21.2. The number of nitrogens with one attached hydrogen (secondary N) is 2. The van der Waals surface area contributed by atoms with Gasteiger partial charge in [-0.1, -0.05) is 18.8 Å². The molecule has 0 radical (unpaired) electrons. The molecule has 4 heterocycles. The number of fused-ring (bicyclic) bond motifs is 1. The minimum atomic E-state index is -0.125. The predicted molar refractivity (Wildman–Crippen MR) is 146 cm³/mol. The molecule has 1 saturated carbocycles. The molecular weight excluding hydrogens is 464 g/mol. The van der Waals surface area contributed by atoms with Gasteiger partial charge in [-0.15, -0.1) is 6.42 Å². The first-order valence-corrected chi connectivity index (χ1v) is 13.1. The van der Waals surface area contributed by atoms with Gasteiger partial charge in [0.1, 0.15) is 5.82 Å². The molecule has 190 valence electrons. The Kier molecular flexibility index (Phi) is 6.26. The van der Waals surface area contributed by atoms with Gasteiger partial charge in [-0.25, -0.2) is 14.8 Å². The second kappa shape index (κ2) is 9.87. The van der Waals surface area contributed by atoms with Crippen LogP contribution < -0.4 is 20.4 Å². The fraction of sp³-hybridized carbons (Fsp3) is 0.429. The van der Waals surface area contributed by atoms with E-state index in [0.29, 0.717) is 40.8 Å². The molecule has 37 heavy (non-hydrogen) atoms. The van der Waals surface area contributed by atoms with Gasteiger partial charge in [0.15, 0.2) is 5.65 Å². The molecule has 2 saturated heterocycles. The highest BCUT2D eigenvalue weighted by Crippen LogP contribution is 2.35. The van der Waals surface area contributed by atoms with Crippen LogP contribution in [-0.4, -0.2) is 71.7 Å². The Morgan fingerprint density at radius 2 is 1.84 bits per heavy atom. The number of aromatic nitrogens is 3. The van der Waals surface area contributed by atoms with Crippen LogP contribution in [0.2, 0.25) is 0 Å². The quantitative estimate of drug-likeness (QED) is 0.522. The number of anilines is 4. The maximum atomic E-state index is 12.8. The lowest BCUT2D eigenvalue weighted by Crippen LogP contribution is -2.44. The first-order valence-electron chi connectivity index (χ1n) is 13.1. The van der Waals surface area contributed by atoms with Gasteiger partial charge in [-0.2, -0.15) is 4.98 Å². The molecule has 2 amide bonds. The number of urea groups is 1. The summed E-state index contributed by atoms with van der Waals surface area (Å²) in [6.07, 6.45) is 12.2. The molecule has 2 N–H and O–H groups in total. The SMILES string of the molecule is C#Cc1cc(N2C(=O)NCC2C2CCCC2)nc2nc(Nc3ccc(N4CCN(C)CC4)cc3)ncc12. The van der Waals surface area contributed by atoms with Crippen LogP contribution >= 0.6 is 0 Å². The Morgan fingerprint density at radius 1 is 1.08 bits per heavy atom. The average Bonchev–Trinajstić information content (AvgIpc) is 3.59. The molecule has 3 aliphatic rings. The maximum Gasteiger partial charge on any atom is 0.323 e. The number of benzene rings is 1. The van der Waals surface area contributed by atoms with Gasteiger partial charge in [0.25, 0.3) is 0 Å². The molecule has 2 aromatic heterocycles. The third-order valence-electron chi connectivity index (χ3n) is 7.90. The van der Waals surface area contributed by atoms with E-state index < -0.39 is 0 Å². The van der Waals surface area contributed by atoms with Crippen LogP contribution in [0.3, 0.4) is 0 Å². The summed E-state index contributed by atoms with van der Waals surface area (Å²) in [6.45, 7) is 4.83. The smallest absolute Gasteiger partial charge is 0.323 e. The average molecular weight is 497 g/mol. The first kappa shape index (κ1) is 23.5. The molecule has 0 bridgehead atoms. The molecule has 0 spiro atoms. The fourth-order valence-corrected chi connectivity index (χ4v) is 5.76. The Bertz CT molecular complexity index is 1340. The largest absolute Gasteiger partial charge is 0.369 e. The molecule has 9 heteroatoms. The summed E-state index contributed by atoms with van der Waals surface area (Å²) in [5.41, 5.74) is 3.21. The van der Waals surface area contributed by atoms with Gasteiger partial charge in [0, 0.05) is 55.9 Å². The van der Waals surface area contributed by atoms with Gasteiger partial charge >= 0.3 is 6.03 Å². The topological polar surface area (TPSA) is 89.5 Å². The van der Waals surface area contributed by atoms with Crippen molar-refractivity contribution < 1.29 is 4.79 Å². The van der Waals surface area contributed by atoms with E-state index in [1.165, 1.54) is 18.5 Å². The number of carbonyl (C=O) groups is 1. The normalized spacial score (nSPS) is 20.9. The van der Waals surface area contributed by atoms with E-state index >= 15 is 0 Å². The predicted octanol–water partition coefficient (Wildman–Crippen LogP) is 3.59. The van der Waals surface area contributed by atoms with Crippen LogP contribution in [0, 0.1) is 18.3 Å². The van der Waals surface area contributed by atoms with Crippen molar-refractivity contribution in [1.29, 1.82) is 0 Å². The van der Waals surface area contributed by atoms with Gasteiger partial charge in [-0.3, -0.25) is 4.90 Å². The third-order valence-corrected chi connectivity index (χ3v) is 7.90. The number of pyridine rings is 1. The second-order valence-corrected chi connectivity index (χ2v) is 10.2. The highest BCUT2D eigenvalue weighted by molar-refractivity contribution is 5.96. The Labute approximate surface area is 217 Å². The number of hydrogen-bond donors (Lipinski definition) is 2. The molecule has 1 atom stereocenters. The van der Waals surface area contributed by atoms with Crippen LogP contribution in [0.15, 0.2) is 36.5 Å². The van der Waals surface area contributed by atoms with Gasteiger partial charge in [0.05, 0.1) is 11.4 Å². The van der Waals surface area contributed by atoms with E-state index in [-0.39, 0.29) is 12.1 Å². The molecule has 3 aromatic rings. The highest BCUT2D eigenvalue weighted by Gasteiger charge is 2.39. The van der Waals surface area contributed by atoms with Crippen LogP contribution in [0.1, 0.15) is 31.2 Å². The van der Waals surface area contributed by atoms with E-state index in [2.05, 4.69) is 55.5 Å². The highest BCUT2D eigenvalue weighted by atomic mass is 16.2. The van der Waals surface area contributed by atoms with Crippen molar-refractivity contribution in [2.24, 2.45) is 5.92 Å². The lowest BCUT2D eigenvalue weighted by atomic mass is 9.97. The van der Waals surface area contributed by atoms with E-state index in [0.717, 1.165) is 44.7 Å². The van der Waals surface area contributed by atoms with E-state index in [9.17, 15) is 4.79 Å². The van der Waals surface area contributed by atoms with Crippen LogP contribution in [0.4, 0.5) is 27.9 Å². The monoisotopic (exact) mass is 496 g/mol.